The largest absolute Gasteiger partial charge is 0.398 e. The summed E-state index contributed by atoms with van der Waals surface area (Å²) in [5.74, 6) is 0. The summed E-state index contributed by atoms with van der Waals surface area (Å²) in [6.07, 6.45) is 2.22. The van der Waals surface area contributed by atoms with Crippen molar-refractivity contribution in [1.82, 2.24) is 4.98 Å². The fourth-order valence-electron chi connectivity index (χ4n) is 1.73. The molecule has 2 rings (SSSR count). The van der Waals surface area contributed by atoms with Gasteiger partial charge in [0.1, 0.15) is 0 Å². The van der Waals surface area contributed by atoms with Crippen LogP contribution in [0.4, 0.5) is 11.4 Å². The van der Waals surface area contributed by atoms with Crippen molar-refractivity contribution in [3.05, 3.63) is 47.2 Å². The molecule has 2 aromatic rings. The van der Waals surface area contributed by atoms with E-state index in [-0.39, 0.29) is 15.7 Å². The van der Waals surface area contributed by atoms with Crippen molar-refractivity contribution < 1.29 is 8.42 Å². The lowest BCUT2D eigenvalue weighted by Crippen LogP contribution is -2.14. The predicted octanol–water partition coefficient (Wildman–Crippen LogP) is 2.68. The quantitative estimate of drug-likeness (QED) is 0.671. The number of hydrogen-bond donors (Lipinski definition) is 2. The summed E-state index contributed by atoms with van der Waals surface area (Å²) in [5, 5.41) is 0.0919. The van der Waals surface area contributed by atoms with Crippen LogP contribution in [0, 0.1) is 0 Å². The van der Waals surface area contributed by atoms with E-state index in [1.54, 1.807) is 12.1 Å². The molecule has 20 heavy (non-hydrogen) atoms. The Morgan fingerprint density at radius 1 is 1.35 bits per heavy atom. The van der Waals surface area contributed by atoms with Crippen molar-refractivity contribution in [3.8, 4) is 0 Å². The summed E-state index contributed by atoms with van der Waals surface area (Å²) in [6, 6.07) is 7.79. The molecule has 7 heteroatoms. The van der Waals surface area contributed by atoms with Crippen LogP contribution < -0.4 is 10.5 Å². The number of benzene rings is 1. The van der Waals surface area contributed by atoms with Crippen LogP contribution in [0.25, 0.3) is 0 Å². The van der Waals surface area contributed by atoms with E-state index in [0.717, 1.165) is 12.0 Å². The number of sulfonamides is 1. The highest BCUT2D eigenvalue weighted by molar-refractivity contribution is 7.92. The Kier molecular flexibility index (Phi) is 4.15. The van der Waals surface area contributed by atoms with Gasteiger partial charge in [-0.1, -0.05) is 24.6 Å². The van der Waals surface area contributed by atoms with Gasteiger partial charge in [-0.05, 0) is 36.2 Å². The molecule has 106 valence electrons. The van der Waals surface area contributed by atoms with Crippen molar-refractivity contribution in [3.63, 3.8) is 0 Å². The zero-order chi connectivity index (χ0) is 14.8. The number of nitrogens with one attached hydrogen (secondary N) is 1. The molecule has 0 spiro atoms. The third-order valence-corrected chi connectivity index (χ3v) is 4.48. The van der Waals surface area contributed by atoms with E-state index >= 15 is 0 Å². The fourth-order valence-corrected chi connectivity index (χ4v) is 3.05. The van der Waals surface area contributed by atoms with Crippen LogP contribution in [0.2, 0.25) is 5.15 Å². The Labute approximate surface area is 122 Å². The summed E-state index contributed by atoms with van der Waals surface area (Å²) < 4.78 is 26.9. The molecule has 0 unspecified atom stereocenters. The van der Waals surface area contributed by atoms with E-state index in [1.165, 1.54) is 24.4 Å². The van der Waals surface area contributed by atoms with Crippen molar-refractivity contribution in [2.75, 3.05) is 10.5 Å². The number of nitrogen functional groups attached to an aromatic ring is 1. The maximum Gasteiger partial charge on any atom is 0.262 e. The number of rotatable bonds is 4. The van der Waals surface area contributed by atoms with Gasteiger partial charge in [-0.2, -0.15) is 0 Å². The molecule has 0 atom stereocenters. The Morgan fingerprint density at radius 2 is 2.10 bits per heavy atom. The number of anilines is 2. The first kappa shape index (κ1) is 14.6. The van der Waals surface area contributed by atoms with Crippen LogP contribution in [-0.2, 0) is 16.4 Å². The summed E-state index contributed by atoms with van der Waals surface area (Å²) >= 11 is 5.83. The molecule has 3 N–H and O–H groups in total. The Balaban J connectivity index is 2.36. The minimum absolute atomic E-state index is 0.0899. The van der Waals surface area contributed by atoms with Gasteiger partial charge in [-0.15, -0.1) is 0 Å². The van der Waals surface area contributed by atoms with Crippen molar-refractivity contribution in [2.45, 2.75) is 18.2 Å². The molecule has 0 aliphatic heterocycles. The van der Waals surface area contributed by atoms with Gasteiger partial charge in [-0.25, -0.2) is 13.4 Å². The SMILES string of the molecule is CCc1ccc(S(=O)(=O)Nc2cccnc2Cl)cc1N. The molecule has 0 bridgehead atoms. The third kappa shape index (κ3) is 3.02. The van der Waals surface area contributed by atoms with Crippen LogP contribution in [0.5, 0.6) is 0 Å². The smallest absolute Gasteiger partial charge is 0.262 e. The molecule has 0 amide bonds. The number of aryl methyl sites for hydroxylation is 1. The molecular weight excluding hydrogens is 298 g/mol. The molecule has 1 aromatic carbocycles. The number of nitrogens with two attached hydrogens (primary N) is 1. The monoisotopic (exact) mass is 311 g/mol. The number of nitrogens with zero attached hydrogens (tertiary/aromatic N) is 1. The molecular formula is C13H14ClN3O2S. The number of hydrogen-bond acceptors (Lipinski definition) is 4. The van der Waals surface area contributed by atoms with Crippen LogP contribution >= 0.6 is 11.6 Å². The fraction of sp³-hybridized carbons (Fsp3) is 0.154. The minimum Gasteiger partial charge on any atom is -0.398 e. The highest BCUT2D eigenvalue weighted by atomic mass is 35.5. The van der Waals surface area contributed by atoms with E-state index in [4.69, 9.17) is 17.3 Å². The normalized spacial score (nSPS) is 11.3. The van der Waals surface area contributed by atoms with Crippen LogP contribution in [0.15, 0.2) is 41.4 Å². The van der Waals surface area contributed by atoms with Crippen LogP contribution in [0.1, 0.15) is 12.5 Å². The van der Waals surface area contributed by atoms with Crippen LogP contribution in [0.3, 0.4) is 0 Å². The van der Waals surface area contributed by atoms with Gasteiger partial charge in [0.2, 0.25) is 0 Å². The van der Waals surface area contributed by atoms with E-state index in [1.807, 2.05) is 6.92 Å². The van der Waals surface area contributed by atoms with Crippen LogP contribution in [-0.4, -0.2) is 13.4 Å². The average Bonchev–Trinajstić information content (AvgIpc) is 2.41. The predicted molar refractivity (Wildman–Crippen MR) is 80.3 cm³/mol. The molecule has 5 nitrogen and oxygen atoms in total. The molecule has 0 radical (unpaired) electrons. The van der Waals surface area contributed by atoms with Gasteiger partial charge in [0.05, 0.1) is 10.6 Å². The molecule has 1 heterocycles. The average molecular weight is 312 g/mol. The highest BCUT2D eigenvalue weighted by Gasteiger charge is 2.17. The first-order valence-corrected chi connectivity index (χ1v) is 7.82. The van der Waals surface area contributed by atoms with Gasteiger partial charge in [0.15, 0.2) is 5.15 Å². The van der Waals surface area contributed by atoms with E-state index in [2.05, 4.69) is 9.71 Å². The highest BCUT2D eigenvalue weighted by Crippen LogP contribution is 2.24. The van der Waals surface area contributed by atoms with Gasteiger partial charge in [0.25, 0.3) is 10.0 Å². The molecule has 1 aromatic heterocycles. The lowest BCUT2D eigenvalue weighted by molar-refractivity contribution is 0.601. The summed E-state index contributed by atoms with van der Waals surface area (Å²) in [7, 11) is -3.74. The number of pyridine rings is 1. The van der Waals surface area contributed by atoms with E-state index in [9.17, 15) is 8.42 Å². The third-order valence-electron chi connectivity index (χ3n) is 2.81. The first-order chi connectivity index (χ1) is 9.44. The minimum atomic E-state index is -3.74. The maximum atomic E-state index is 12.3. The van der Waals surface area contributed by atoms with E-state index < -0.39 is 10.0 Å². The Hall–Kier alpha value is -1.79. The van der Waals surface area contributed by atoms with E-state index in [0.29, 0.717) is 5.69 Å². The molecule has 0 aliphatic rings. The lowest BCUT2D eigenvalue weighted by Gasteiger charge is -2.10. The van der Waals surface area contributed by atoms with Gasteiger partial charge in [0, 0.05) is 11.9 Å². The number of halogens is 1. The second-order valence-electron chi connectivity index (χ2n) is 4.16. The zero-order valence-electron chi connectivity index (χ0n) is 10.8. The molecule has 0 aliphatic carbocycles. The molecule has 0 saturated carbocycles. The summed E-state index contributed by atoms with van der Waals surface area (Å²) in [6.45, 7) is 1.95. The lowest BCUT2D eigenvalue weighted by atomic mass is 10.1. The van der Waals surface area contributed by atoms with Gasteiger partial charge in [-0.3, -0.25) is 4.72 Å². The molecule has 0 fully saturated rings. The topological polar surface area (TPSA) is 85.1 Å². The number of aromatic nitrogens is 1. The van der Waals surface area contributed by atoms with Crippen molar-refractivity contribution in [2.24, 2.45) is 0 Å². The summed E-state index contributed by atoms with van der Waals surface area (Å²) in [5.41, 5.74) is 7.41. The van der Waals surface area contributed by atoms with Crippen molar-refractivity contribution >= 4 is 33.0 Å². The first-order valence-electron chi connectivity index (χ1n) is 5.96. The summed E-state index contributed by atoms with van der Waals surface area (Å²) in [4.78, 5) is 3.91. The second-order valence-corrected chi connectivity index (χ2v) is 6.20. The van der Waals surface area contributed by atoms with Gasteiger partial charge < -0.3 is 5.73 Å². The zero-order valence-corrected chi connectivity index (χ0v) is 12.4. The van der Waals surface area contributed by atoms with Gasteiger partial charge >= 0.3 is 0 Å². The Bertz CT molecular complexity index is 732. The standard InChI is InChI=1S/C13H14ClN3O2S/c1-2-9-5-6-10(8-11(9)15)20(18,19)17-12-4-3-7-16-13(12)14/h3-8,17H,2,15H2,1H3. The Morgan fingerprint density at radius 3 is 2.70 bits per heavy atom. The second kappa shape index (κ2) is 5.68. The van der Waals surface area contributed by atoms with Crippen molar-refractivity contribution in [1.29, 1.82) is 0 Å². The molecule has 0 saturated heterocycles. The maximum absolute atomic E-state index is 12.3.